The summed E-state index contributed by atoms with van der Waals surface area (Å²) in [6, 6.07) is 7.39. The lowest BCUT2D eigenvalue weighted by Crippen LogP contribution is -2.14. The van der Waals surface area contributed by atoms with E-state index in [2.05, 4.69) is 0 Å². The van der Waals surface area contributed by atoms with E-state index >= 15 is 0 Å². The topological polar surface area (TPSA) is 57.5 Å². The predicted octanol–water partition coefficient (Wildman–Crippen LogP) is 2.36. The molecule has 1 aromatic carbocycles. The Balaban J connectivity index is 2.54. The lowest BCUT2D eigenvalue weighted by molar-refractivity contribution is 0.0968. The molecule has 0 radical (unpaired) electrons. The van der Waals surface area contributed by atoms with Crippen molar-refractivity contribution in [2.45, 2.75) is 31.3 Å². The summed E-state index contributed by atoms with van der Waals surface area (Å²) in [5, 5.41) is 17.9. The standard InChI is InChI=1S/C14H20O3S/c1-10(2)7-14(17)11-3-5-13(6-4-11)18-9-12(16)8-15/h3-6,10,12,15-16H,7-9H2,1-2H3. The van der Waals surface area contributed by atoms with Gasteiger partial charge in [0.05, 0.1) is 12.7 Å². The van der Waals surface area contributed by atoms with E-state index in [9.17, 15) is 9.90 Å². The molecule has 0 aliphatic carbocycles. The maximum Gasteiger partial charge on any atom is 0.163 e. The molecule has 0 fully saturated rings. The number of hydrogen-bond donors (Lipinski definition) is 2. The molecular formula is C14H20O3S. The van der Waals surface area contributed by atoms with Crippen molar-refractivity contribution in [3.05, 3.63) is 29.8 Å². The molecule has 0 heterocycles. The number of aliphatic hydroxyl groups is 2. The van der Waals surface area contributed by atoms with Crippen molar-refractivity contribution in [2.24, 2.45) is 5.92 Å². The largest absolute Gasteiger partial charge is 0.394 e. The summed E-state index contributed by atoms with van der Waals surface area (Å²) in [4.78, 5) is 12.8. The molecule has 0 aliphatic heterocycles. The molecule has 0 aromatic heterocycles. The van der Waals surface area contributed by atoms with Crippen LogP contribution in [0.3, 0.4) is 0 Å². The van der Waals surface area contributed by atoms with E-state index in [-0.39, 0.29) is 12.4 Å². The molecule has 3 nitrogen and oxygen atoms in total. The highest BCUT2D eigenvalue weighted by Gasteiger charge is 2.08. The number of carbonyl (C=O) groups is 1. The van der Waals surface area contributed by atoms with Gasteiger partial charge in [-0.05, 0) is 18.1 Å². The fraction of sp³-hybridized carbons (Fsp3) is 0.500. The maximum atomic E-state index is 11.8. The van der Waals surface area contributed by atoms with E-state index in [1.165, 1.54) is 11.8 Å². The molecule has 4 heteroatoms. The number of aliphatic hydroxyl groups excluding tert-OH is 2. The van der Waals surface area contributed by atoms with Gasteiger partial charge in [0.15, 0.2) is 5.78 Å². The number of thioether (sulfide) groups is 1. The van der Waals surface area contributed by atoms with Gasteiger partial charge in [0.1, 0.15) is 0 Å². The van der Waals surface area contributed by atoms with Gasteiger partial charge in [-0.15, -0.1) is 11.8 Å². The number of benzene rings is 1. The number of Topliss-reactive ketones (excluding diaryl/α,β-unsaturated/α-hetero) is 1. The first-order chi connectivity index (χ1) is 8.52. The zero-order valence-electron chi connectivity index (χ0n) is 10.8. The Morgan fingerprint density at radius 3 is 2.39 bits per heavy atom. The van der Waals surface area contributed by atoms with Crippen molar-refractivity contribution in [1.82, 2.24) is 0 Å². The average molecular weight is 268 g/mol. The molecule has 1 atom stereocenters. The van der Waals surface area contributed by atoms with Gasteiger partial charge >= 0.3 is 0 Å². The minimum atomic E-state index is -0.697. The quantitative estimate of drug-likeness (QED) is 0.589. The van der Waals surface area contributed by atoms with Crippen LogP contribution in [-0.4, -0.2) is 34.5 Å². The van der Waals surface area contributed by atoms with Crippen molar-refractivity contribution in [3.63, 3.8) is 0 Å². The van der Waals surface area contributed by atoms with E-state index in [1.54, 1.807) is 0 Å². The number of hydrogen-bond acceptors (Lipinski definition) is 4. The SMILES string of the molecule is CC(C)CC(=O)c1ccc(SCC(O)CO)cc1. The van der Waals surface area contributed by atoms with Crippen LogP contribution in [0.2, 0.25) is 0 Å². The van der Waals surface area contributed by atoms with Crippen LogP contribution in [0.4, 0.5) is 0 Å². The van der Waals surface area contributed by atoms with Crippen LogP contribution < -0.4 is 0 Å². The fourth-order valence-corrected chi connectivity index (χ4v) is 2.29. The summed E-state index contributed by atoms with van der Waals surface area (Å²) >= 11 is 1.47. The summed E-state index contributed by atoms with van der Waals surface area (Å²) in [5.41, 5.74) is 0.732. The Hall–Kier alpha value is -0.840. The van der Waals surface area contributed by atoms with E-state index in [4.69, 9.17) is 5.11 Å². The highest BCUT2D eigenvalue weighted by molar-refractivity contribution is 7.99. The summed E-state index contributed by atoms with van der Waals surface area (Å²) in [7, 11) is 0. The van der Waals surface area contributed by atoms with Gasteiger partial charge in [0.2, 0.25) is 0 Å². The van der Waals surface area contributed by atoms with Crippen LogP contribution in [-0.2, 0) is 0 Å². The second kappa shape index (κ2) is 7.56. The Kier molecular flexibility index (Phi) is 6.39. The first kappa shape index (κ1) is 15.2. The second-order valence-electron chi connectivity index (χ2n) is 4.69. The molecule has 0 amide bonds. The lowest BCUT2D eigenvalue weighted by Gasteiger charge is -2.07. The number of carbonyl (C=O) groups excluding carboxylic acids is 1. The Bertz CT molecular complexity index is 373. The van der Waals surface area contributed by atoms with Crippen LogP contribution in [0.5, 0.6) is 0 Å². The highest BCUT2D eigenvalue weighted by atomic mass is 32.2. The van der Waals surface area contributed by atoms with Crippen LogP contribution >= 0.6 is 11.8 Å². The van der Waals surface area contributed by atoms with E-state index < -0.39 is 6.10 Å². The second-order valence-corrected chi connectivity index (χ2v) is 5.79. The van der Waals surface area contributed by atoms with E-state index in [0.29, 0.717) is 18.1 Å². The Labute approximate surface area is 112 Å². The third-order valence-corrected chi connectivity index (χ3v) is 3.58. The third kappa shape index (κ3) is 5.21. The summed E-state index contributed by atoms with van der Waals surface area (Å²) in [6.07, 6.45) is -0.132. The molecule has 0 saturated heterocycles. The Morgan fingerprint density at radius 2 is 1.89 bits per heavy atom. The van der Waals surface area contributed by atoms with Gasteiger partial charge in [0.25, 0.3) is 0 Å². The summed E-state index contributed by atoms with van der Waals surface area (Å²) < 4.78 is 0. The molecule has 1 rings (SSSR count). The van der Waals surface area contributed by atoms with Gasteiger partial charge in [0, 0.05) is 22.6 Å². The average Bonchev–Trinajstić information content (AvgIpc) is 2.35. The molecular weight excluding hydrogens is 248 g/mol. The molecule has 18 heavy (non-hydrogen) atoms. The van der Waals surface area contributed by atoms with Crippen molar-refractivity contribution >= 4 is 17.5 Å². The minimum Gasteiger partial charge on any atom is -0.394 e. The summed E-state index contributed by atoms with van der Waals surface area (Å²) in [5.74, 6) is 0.985. The molecule has 0 aliphatic rings. The first-order valence-corrected chi connectivity index (χ1v) is 7.06. The van der Waals surface area contributed by atoms with Crippen molar-refractivity contribution in [1.29, 1.82) is 0 Å². The number of rotatable bonds is 7. The molecule has 0 saturated carbocycles. The van der Waals surface area contributed by atoms with Crippen molar-refractivity contribution < 1.29 is 15.0 Å². The first-order valence-electron chi connectivity index (χ1n) is 6.08. The van der Waals surface area contributed by atoms with Gasteiger partial charge in [-0.3, -0.25) is 4.79 Å². The smallest absolute Gasteiger partial charge is 0.163 e. The number of ketones is 1. The normalized spacial score (nSPS) is 12.7. The molecule has 1 aromatic rings. The van der Waals surface area contributed by atoms with Gasteiger partial charge in [-0.2, -0.15) is 0 Å². The van der Waals surface area contributed by atoms with Gasteiger partial charge < -0.3 is 10.2 Å². The zero-order valence-corrected chi connectivity index (χ0v) is 11.6. The minimum absolute atomic E-state index is 0.164. The maximum absolute atomic E-state index is 11.8. The zero-order chi connectivity index (χ0) is 13.5. The summed E-state index contributed by atoms with van der Waals surface area (Å²) in [6.45, 7) is 3.83. The van der Waals surface area contributed by atoms with E-state index in [1.807, 2.05) is 38.1 Å². The van der Waals surface area contributed by atoms with Gasteiger partial charge in [-0.25, -0.2) is 0 Å². The molecule has 1 unspecified atom stereocenters. The lowest BCUT2D eigenvalue weighted by atomic mass is 10.0. The highest BCUT2D eigenvalue weighted by Crippen LogP contribution is 2.20. The van der Waals surface area contributed by atoms with Crippen molar-refractivity contribution in [3.8, 4) is 0 Å². The molecule has 100 valence electrons. The van der Waals surface area contributed by atoms with Crippen LogP contribution in [0, 0.1) is 5.92 Å². The Morgan fingerprint density at radius 1 is 1.28 bits per heavy atom. The van der Waals surface area contributed by atoms with Crippen LogP contribution in [0.25, 0.3) is 0 Å². The van der Waals surface area contributed by atoms with Gasteiger partial charge in [-0.1, -0.05) is 26.0 Å². The molecule has 0 bridgehead atoms. The predicted molar refractivity (Wildman–Crippen MR) is 74.0 cm³/mol. The third-order valence-electron chi connectivity index (χ3n) is 2.42. The van der Waals surface area contributed by atoms with Crippen LogP contribution in [0.15, 0.2) is 29.2 Å². The molecule has 2 N–H and O–H groups in total. The van der Waals surface area contributed by atoms with E-state index in [0.717, 1.165) is 10.5 Å². The van der Waals surface area contributed by atoms with Crippen LogP contribution in [0.1, 0.15) is 30.6 Å². The van der Waals surface area contributed by atoms with Crippen molar-refractivity contribution in [2.75, 3.05) is 12.4 Å². The monoisotopic (exact) mass is 268 g/mol. The fourth-order valence-electron chi connectivity index (χ4n) is 1.47. The molecule has 0 spiro atoms.